The molecule has 3 aliphatic carbocycles. The summed E-state index contributed by atoms with van der Waals surface area (Å²) in [6, 6.07) is 30.4. The first-order valence-corrected chi connectivity index (χ1v) is 32.6. The first kappa shape index (κ1) is 69.6. The highest BCUT2D eigenvalue weighted by atomic mass is 35.5. The van der Waals surface area contributed by atoms with Gasteiger partial charge in [-0.05, 0) is 190 Å². The van der Waals surface area contributed by atoms with Gasteiger partial charge in [0.15, 0.2) is 54.5 Å². The Morgan fingerprint density at radius 2 is 0.929 bits per heavy atom. The summed E-state index contributed by atoms with van der Waals surface area (Å²) in [5.74, 6) is 2.69. The van der Waals surface area contributed by atoms with E-state index in [1.54, 1.807) is 42.5 Å². The quantitative estimate of drug-likeness (QED) is 0.0274. The molecular formula is C68H71ClFN13O16. The van der Waals surface area contributed by atoms with Crippen molar-refractivity contribution in [2.75, 3.05) is 89.7 Å². The largest absolute Gasteiger partial charge is 0.483 e. The van der Waals surface area contributed by atoms with E-state index in [0.717, 1.165) is 106 Å². The number of nitrogens with zero attached hydrogens (tertiary/aromatic N) is 7. The lowest BCUT2D eigenvalue weighted by Gasteiger charge is -2.19. The normalized spacial score (nSPS) is 20.7. The molecular weight excluding hydrogens is 1310 g/mol. The minimum Gasteiger partial charge on any atom is -0.483 e. The van der Waals surface area contributed by atoms with Crippen LogP contribution in [0.15, 0.2) is 91.0 Å². The van der Waals surface area contributed by atoms with Crippen molar-refractivity contribution in [1.82, 2.24) is 30.9 Å². The summed E-state index contributed by atoms with van der Waals surface area (Å²) < 4.78 is 45.8. The first-order chi connectivity index (χ1) is 48.0. The lowest BCUT2D eigenvalue weighted by molar-refractivity contribution is -0.123. The van der Waals surface area contributed by atoms with Gasteiger partial charge in [0.25, 0.3) is 30.7 Å². The van der Waals surface area contributed by atoms with Crippen molar-refractivity contribution in [3.05, 3.63) is 141 Å². The fraction of sp³-hybridized carbons (Fsp3) is 0.382. The van der Waals surface area contributed by atoms with Crippen molar-refractivity contribution >= 4 is 95.5 Å². The molecule has 8 N–H and O–H groups in total. The maximum atomic E-state index is 13.4. The smallest absolute Gasteiger partial charge is 0.415 e. The van der Waals surface area contributed by atoms with Crippen molar-refractivity contribution in [2.24, 2.45) is 0 Å². The van der Waals surface area contributed by atoms with E-state index in [9.17, 15) is 38.4 Å². The van der Waals surface area contributed by atoms with E-state index in [-0.39, 0.29) is 74.6 Å². The summed E-state index contributed by atoms with van der Waals surface area (Å²) in [4.78, 5) is 106. The maximum Gasteiger partial charge on any atom is 0.415 e. The number of aromatic nitrogens is 3. The van der Waals surface area contributed by atoms with E-state index in [1.807, 2.05) is 30.3 Å². The monoisotopic (exact) mass is 1380 g/mol. The molecule has 0 bridgehead atoms. The number of hydrogen-bond donors (Lipinski definition) is 8. The molecule has 6 amide bonds. The number of amides is 6. The van der Waals surface area contributed by atoms with E-state index in [4.69, 9.17) is 59.8 Å². The topological polar surface area (TPSA) is 377 Å². The number of carboxylic acid groups (broad SMARTS) is 2. The molecule has 99 heavy (non-hydrogen) atoms. The van der Waals surface area contributed by atoms with Crippen molar-refractivity contribution in [3.8, 4) is 23.3 Å². The fourth-order valence-electron chi connectivity index (χ4n) is 13.0. The predicted octanol–water partition coefficient (Wildman–Crippen LogP) is 6.50. The molecule has 518 valence electrons. The Morgan fingerprint density at radius 1 is 0.525 bits per heavy atom. The lowest BCUT2D eigenvalue weighted by atomic mass is 10.0. The molecule has 31 heteroatoms. The first-order valence-electron chi connectivity index (χ1n) is 32.2. The second kappa shape index (κ2) is 32.5. The zero-order valence-corrected chi connectivity index (χ0v) is 54.2. The molecule has 0 spiro atoms. The van der Waals surface area contributed by atoms with Gasteiger partial charge in [-0.1, -0.05) is 35.9 Å². The molecule has 15 rings (SSSR count). The molecule has 6 aromatic rings. The van der Waals surface area contributed by atoms with Crippen LogP contribution in [0.25, 0.3) is 0 Å². The second-order valence-electron chi connectivity index (χ2n) is 24.3. The number of carbonyl (C=O) groups excluding carboxylic acids is 6. The average Bonchev–Trinajstić information content (AvgIpc) is 1.72. The maximum absolute atomic E-state index is 13.4. The number of nitrogens with one attached hydrogen (secondary N) is 6. The number of ether oxygens (including phenoxy) is 6. The van der Waals surface area contributed by atoms with Crippen molar-refractivity contribution in [3.63, 3.8) is 0 Å². The number of rotatable bonds is 17. The number of pyridine rings is 3. The highest BCUT2D eigenvalue weighted by Crippen LogP contribution is 2.35. The third kappa shape index (κ3) is 17.7. The van der Waals surface area contributed by atoms with Gasteiger partial charge in [0, 0.05) is 23.1 Å². The van der Waals surface area contributed by atoms with Crippen LogP contribution in [0.2, 0.25) is 5.02 Å². The summed E-state index contributed by atoms with van der Waals surface area (Å²) in [5, 5.41) is 42.4. The zero-order chi connectivity index (χ0) is 69.5. The van der Waals surface area contributed by atoms with Crippen LogP contribution < -0.4 is 60.8 Å². The van der Waals surface area contributed by atoms with Crippen molar-refractivity contribution in [2.45, 2.75) is 107 Å². The third-order valence-corrected chi connectivity index (χ3v) is 17.8. The van der Waals surface area contributed by atoms with Crippen LogP contribution in [0.1, 0.15) is 71.0 Å². The SMILES string of the molecule is N#Cc1cccc2c1CC(NCCCC1CN(c3ccc4c(n3)NC(=O)CO4)C(=O)O1)C2.O=C1COc2ccc(N3CC(CCCNC4Cc5ccc(F)cc5C4)OC3=O)nc2N1.O=C1COc2ccc(N3CC(CCNC4Cc5ccc(Cl)cc5C4)OC3=O)nc2N1.O=CO.O=CO. The highest BCUT2D eigenvalue weighted by molar-refractivity contribution is 6.30. The van der Waals surface area contributed by atoms with E-state index < -0.39 is 18.3 Å². The molecule has 3 aromatic carbocycles. The van der Waals surface area contributed by atoms with Crippen LogP contribution in [-0.4, -0.2) is 170 Å². The molecule has 29 nitrogen and oxygen atoms in total. The standard InChI is InChI=1S/C23H23N5O4.C22H23FN4O4.C21H21ClN4O4.2CH2O2/c24-11-15-4-1-3-14-9-16(10-18(14)15)25-8-2-5-17-12-28(23(30)32-17)20-7-6-19-22(26-20)27-21(29)13-31-19;23-15-4-3-13-9-16(10-14(13)8-15)24-7-1-2-17-11-27(22(29)31-17)19-6-5-18-21(25-19)26-20(28)12-30-18;22-14-2-1-12-8-15(9-13(12)7-14)23-6-5-16-10-26(21(28)30-16)18-4-3-17-20(24-18)25-19(27)11-29-17;2*2-1-3/h1,3-4,6-7,16-17,25H,2,5,8-10,12-13H2,(H,26,27,29);3-6,8,16-17,24H,1-2,7,9-12H2,(H,25,26,28);1-4,7,15-16,23H,5-6,8-11H2,(H,24,25,27);2*1H,(H,2,3). The molecule has 0 saturated carbocycles. The van der Waals surface area contributed by atoms with E-state index in [2.05, 4.69) is 65.1 Å². The number of cyclic esters (lactones) is 3. The summed E-state index contributed by atoms with van der Waals surface area (Å²) in [6.07, 6.45) is 7.44. The van der Waals surface area contributed by atoms with Crippen LogP contribution in [-0.2, 0) is 76.7 Å². The third-order valence-electron chi connectivity index (χ3n) is 17.5. The van der Waals surface area contributed by atoms with Crippen LogP contribution >= 0.6 is 11.6 Å². The number of halogens is 2. The van der Waals surface area contributed by atoms with Gasteiger partial charge in [0.05, 0.1) is 31.3 Å². The van der Waals surface area contributed by atoms with Gasteiger partial charge in [0.1, 0.15) is 41.6 Å². The number of hydrogen-bond acceptors (Lipinski definition) is 21. The predicted molar refractivity (Wildman–Crippen MR) is 355 cm³/mol. The molecule has 9 aliphatic rings. The Hall–Kier alpha value is -10.7. The minimum atomic E-state index is -0.443. The molecule has 6 atom stereocenters. The number of fused-ring (bicyclic) bond motifs is 6. The number of anilines is 6. The van der Waals surface area contributed by atoms with Crippen molar-refractivity contribution < 1.29 is 81.4 Å². The van der Waals surface area contributed by atoms with Gasteiger partial charge >= 0.3 is 18.3 Å². The number of benzene rings is 3. The molecule has 9 heterocycles. The van der Waals surface area contributed by atoms with Gasteiger partial charge < -0.3 is 70.5 Å². The Labute approximate surface area is 571 Å². The summed E-state index contributed by atoms with van der Waals surface area (Å²) >= 11 is 6.08. The second-order valence-corrected chi connectivity index (χ2v) is 24.7. The van der Waals surface area contributed by atoms with E-state index >= 15 is 0 Å². The Balaban J connectivity index is 0.000000144. The average molecular weight is 1380 g/mol. The van der Waals surface area contributed by atoms with Gasteiger partial charge in [-0.15, -0.1) is 0 Å². The fourth-order valence-corrected chi connectivity index (χ4v) is 13.2. The van der Waals surface area contributed by atoms with Crippen LogP contribution in [0, 0.1) is 17.1 Å². The summed E-state index contributed by atoms with van der Waals surface area (Å²) in [6.45, 7) is 3.00. The molecule has 3 aromatic heterocycles. The van der Waals surface area contributed by atoms with Crippen molar-refractivity contribution in [1.29, 1.82) is 5.26 Å². The highest BCUT2D eigenvalue weighted by Gasteiger charge is 2.38. The van der Waals surface area contributed by atoms with Gasteiger partial charge in [-0.3, -0.25) is 38.7 Å². The van der Waals surface area contributed by atoms with E-state index in [1.165, 1.54) is 43.0 Å². The molecule has 6 unspecified atom stereocenters. The van der Waals surface area contributed by atoms with Crippen LogP contribution in [0.5, 0.6) is 17.2 Å². The zero-order valence-electron chi connectivity index (χ0n) is 53.4. The molecule has 3 saturated heterocycles. The van der Waals surface area contributed by atoms with Gasteiger partial charge in [0.2, 0.25) is 0 Å². The van der Waals surface area contributed by atoms with Gasteiger partial charge in [-0.25, -0.2) is 33.7 Å². The minimum absolute atomic E-state index is 0.0338. The number of carbonyl (C=O) groups is 8. The summed E-state index contributed by atoms with van der Waals surface area (Å²) in [5.41, 5.74) is 8.10. The Kier molecular flexibility index (Phi) is 22.9. The van der Waals surface area contributed by atoms with Gasteiger partial charge in [-0.2, -0.15) is 5.26 Å². The molecule has 0 radical (unpaired) electrons. The molecule has 3 fully saturated rings. The Morgan fingerprint density at radius 3 is 1.39 bits per heavy atom. The number of nitriles is 1. The van der Waals surface area contributed by atoms with Crippen LogP contribution in [0.3, 0.4) is 0 Å². The Bertz CT molecular complexity index is 4070. The lowest BCUT2D eigenvalue weighted by Crippen LogP contribution is -2.33. The van der Waals surface area contributed by atoms with E-state index in [0.29, 0.717) is 96.3 Å². The summed E-state index contributed by atoms with van der Waals surface area (Å²) in [7, 11) is 0. The molecule has 6 aliphatic heterocycles. The van der Waals surface area contributed by atoms with Crippen LogP contribution in [0.4, 0.5) is 53.7 Å².